The minimum Gasteiger partial charge on any atom is -0.368 e. The Kier molecular flexibility index (Phi) is 2.62. The average Bonchev–Trinajstić information content (AvgIpc) is 2.33. The summed E-state index contributed by atoms with van der Waals surface area (Å²) in [4.78, 5) is 17.2. The molecule has 2 heterocycles. The zero-order valence-corrected chi connectivity index (χ0v) is 10.6. The van der Waals surface area contributed by atoms with Crippen molar-refractivity contribution in [2.75, 3.05) is 18.0 Å². The van der Waals surface area contributed by atoms with Crippen LogP contribution in [0.3, 0.4) is 0 Å². The maximum Gasteiger partial charge on any atom is 0.250 e. The van der Waals surface area contributed by atoms with Crippen LogP contribution >= 0.6 is 0 Å². The van der Waals surface area contributed by atoms with Crippen LogP contribution in [-0.2, 0) is 0 Å². The quantitative estimate of drug-likeness (QED) is 0.896. The number of halogens is 1. The van der Waals surface area contributed by atoms with Gasteiger partial charge in [0.15, 0.2) is 0 Å². The highest BCUT2D eigenvalue weighted by Crippen LogP contribution is 2.30. The lowest BCUT2D eigenvalue weighted by molar-refractivity contribution is 0.1000. The van der Waals surface area contributed by atoms with Crippen LogP contribution < -0.4 is 10.6 Å². The molecule has 0 atom stereocenters. The molecule has 19 heavy (non-hydrogen) atoms. The summed E-state index contributed by atoms with van der Waals surface area (Å²) in [5.74, 6) is -0.251. The van der Waals surface area contributed by atoms with Crippen molar-refractivity contribution in [1.82, 2.24) is 4.98 Å². The standard InChI is InChI=1S/C14H14FN3O/c1-8-6-18(7-8)13-4-12-9(3-11(13)15)2-10(5-17-12)14(16)19/h2-5,8H,6-7H2,1H3,(H2,16,19). The number of carbonyl (C=O) groups excluding carboxylic acids is 1. The summed E-state index contributed by atoms with van der Waals surface area (Å²) >= 11 is 0. The minimum atomic E-state index is -0.560. The lowest BCUT2D eigenvalue weighted by Crippen LogP contribution is -2.45. The molecule has 4 nitrogen and oxygen atoms in total. The van der Waals surface area contributed by atoms with Gasteiger partial charge in [-0.15, -0.1) is 0 Å². The van der Waals surface area contributed by atoms with Crippen molar-refractivity contribution in [3.63, 3.8) is 0 Å². The number of hydrogen-bond donors (Lipinski definition) is 1. The maximum absolute atomic E-state index is 14.1. The Morgan fingerprint density at radius 1 is 1.42 bits per heavy atom. The molecule has 0 unspecified atom stereocenters. The van der Waals surface area contributed by atoms with Crippen molar-refractivity contribution in [2.24, 2.45) is 11.7 Å². The van der Waals surface area contributed by atoms with Gasteiger partial charge in [-0.1, -0.05) is 6.92 Å². The molecule has 1 aliphatic heterocycles. The third-order valence-corrected chi connectivity index (χ3v) is 3.44. The van der Waals surface area contributed by atoms with E-state index < -0.39 is 5.91 Å². The molecule has 1 aromatic carbocycles. The molecule has 0 bridgehead atoms. The van der Waals surface area contributed by atoms with Crippen LogP contribution in [0, 0.1) is 11.7 Å². The first-order valence-electron chi connectivity index (χ1n) is 6.18. The van der Waals surface area contributed by atoms with E-state index in [0.717, 1.165) is 13.1 Å². The van der Waals surface area contributed by atoms with E-state index >= 15 is 0 Å². The van der Waals surface area contributed by atoms with E-state index in [1.54, 1.807) is 12.1 Å². The van der Waals surface area contributed by atoms with Gasteiger partial charge in [-0.3, -0.25) is 9.78 Å². The molecule has 5 heteroatoms. The van der Waals surface area contributed by atoms with Crippen LogP contribution in [0.2, 0.25) is 0 Å². The van der Waals surface area contributed by atoms with Gasteiger partial charge in [0.25, 0.3) is 0 Å². The van der Waals surface area contributed by atoms with Crippen molar-refractivity contribution in [3.8, 4) is 0 Å². The monoisotopic (exact) mass is 259 g/mol. The van der Waals surface area contributed by atoms with E-state index in [9.17, 15) is 9.18 Å². The van der Waals surface area contributed by atoms with Crippen molar-refractivity contribution in [2.45, 2.75) is 6.92 Å². The highest BCUT2D eigenvalue weighted by Gasteiger charge is 2.25. The molecule has 1 amide bonds. The number of amides is 1. The number of primary amides is 1. The fourth-order valence-corrected chi connectivity index (χ4v) is 2.41. The normalized spacial score (nSPS) is 15.6. The number of carbonyl (C=O) groups is 1. The van der Waals surface area contributed by atoms with Gasteiger partial charge < -0.3 is 10.6 Å². The number of anilines is 1. The number of pyridine rings is 1. The number of nitrogens with zero attached hydrogens (tertiary/aromatic N) is 2. The third-order valence-electron chi connectivity index (χ3n) is 3.44. The minimum absolute atomic E-state index is 0.289. The molecular formula is C14H14FN3O. The third kappa shape index (κ3) is 2.01. The zero-order chi connectivity index (χ0) is 13.6. The van der Waals surface area contributed by atoms with Crippen LogP contribution in [0.1, 0.15) is 17.3 Å². The molecule has 2 aromatic rings. The Labute approximate surface area is 110 Å². The Morgan fingerprint density at radius 3 is 2.79 bits per heavy atom. The van der Waals surface area contributed by atoms with Gasteiger partial charge in [-0.2, -0.15) is 0 Å². The van der Waals surface area contributed by atoms with Gasteiger partial charge in [0.05, 0.1) is 16.8 Å². The summed E-state index contributed by atoms with van der Waals surface area (Å²) in [5.41, 5.74) is 6.72. The summed E-state index contributed by atoms with van der Waals surface area (Å²) in [6.07, 6.45) is 1.42. The summed E-state index contributed by atoms with van der Waals surface area (Å²) in [5, 5.41) is 0.589. The van der Waals surface area contributed by atoms with Crippen molar-refractivity contribution >= 4 is 22.5 Å². The zero-order valence-electron chi connectivity index (χ0n) is 10.6. The summed E-state index contributed by atoms with van der Waals surface area (Å²) in [6, 6.07) is 4.70. The fourth-order valence-electron chi connectivity index (χ4n) is 2.41. The largest absolute Gasteiger partial charge is 0.368 e. The molecule has 2 N–H and O–H groups in total. The average molecular weight is 259 g/mol. The van der Waals surface area contributed by atoms with Gasteiger partial charge in [0, 0.05) is 24.7 Å². The Hall–Kier alpha value is -2.17. The molecule has 1 aromatic heterocycles. The first kappa shape index (κ1) is 11.9. The molecule has 0 saturated carbocycles. The first-order chi connectivity index (χ1) is 9.04. The van der Waals surface area contributed by atoms with Gasteiger partial charge in [0.2, 0.25) is 5.91 Å². The van der Waals surface area contributed by atoms with Crippen LogP contribution in [-0.4, -0.2) is 24.0 Å². The Balaban J connectivity index is 2.06. The van der Waals surface area contributed by atoms with Crippen LogP contribution in [0.15, 0.2) is 24.4 Å². The number of aromatic nitrogens is 1. The van der Waals surface area contributed by atoms with Crippen molar-refractivity contribution in [1.29, 1.82) is 0 Å². The van der Waals surface area contributed by atoms with E-state index in [1.165, 1.54) is 12.3 Å². The second-order valence-corrected chi connectivity index (χ2v) is 5.09. The van der Waals surface area contributed by atoms with Crippen LogP contribution in [0.25, 0.3) is 10.9 Å². The molecule has 3 rings (SSSR count). The van der Waals surface area contributed by atoms with E-state index in [4.69, 9.17) is 5.73 Å². The molecular weight excluding hydrogens is 245 g/mol. The lowest BCUT2D eigenvalue weighted by atomic mass is 10.0. The van der Waals surface area contributed by atoms with Crippen molar-refractivity contribution in [3.05, 3.63) is 35.8 Å². The molecule has 0 aliphatic carbocycles. The van der Waals surface area contributed by atoms with E-state index in [-0.39, 0.29) is 11.4 Å². The topological polar surface area (TPSA) is 59.2 Å². The highest BCUT2D eigenvalue weighted by molar-refractivity contribution is 5.96. The number of rotatable bonds is 2. The molecule has 1 fully saturated rings. The van der Waals surface area contributed by atoms with Gasteiger partial charge in [-0.25, -0.2) is 4.39 Å². The van der Waals surface area contributed by atoms with Gasteiger partial charge in [-0.05, 0) is 24.1 Å². The summed E-state index contributed by atoms with van der Waals surface area (Å²) in [6.45, 7) is 3.86. The molecule has 0 spiro atoms. The number of hydrogen-bond acceptors (Lipinski definition) is 3. The predicted octanol–water partition coefficient (Wildman–Crippen LogP) is 1.93. The van der Waals surface area contributed by atoms with E-state index in [0.29, 0.717) is 22.5 Å². The molecule has 1 saturated heterocycles. The predicted molar refractivity (Wildman–Crippen MR) is 71.6 cm³/mol. The van der Waals surface area contributed by atoms with Gasteiger partial charge in [0.1, 0.15) is 5.82 Å². The fraction of sp³-hybridized carbons (Fsp3) is 0.286. The first-order valence-corrected chi connectivity index (χ1v) is 6.18. The molecule has 98 valence electrons. The summed E-state index contributed by atoms with van der Waals surface area (Å²) < 4.78 is 14.1. The van der Waals surface area contributed by atoms with Crippen LogP contribution in [0.5, 0.6) is 0 Å². The SMILES string of the molecule is CC1CN(c2cc3ncc(C(N)=O)cc3cc2F)C1. The number of fused-ring (bicyclic) bond motifs is 1. The van der Waals surface area contributed by atoms with E-state index in [1.807, 2.05) is 4.90 Å². The number of nitrogens with two attached hydrogens (primary N) is 1. The Morgan fingerprint density at radius 2 is 2.16 bits per heavy atom. The number of benzene rings is 1. The lowest BCUT2D eigenvalue weighted by Gasteiger charge is -2.39. The Bertz CT molecular complexity index is 665. The van der Waals surface area contributed by atoms with Gasteiger partial charge >= 0.3 is 0 Å². The smallest absolute Gasteiger partial charge is 0.250 e. The second kappa shape index (κ2) is 4.19. The summed E-state index contributed by atoms with van der Waals surface area (Å²) in [7, 11) is 0. The second-order valence-electron chi connectivity index (χ2n) is 5.09. The van der Waals surface area contributed by atoms with Crippen molar-refractivity contribution < 1.29 is 9.18 Å². The molecule has 0 radical (unpaired) electrons. The van der Waals surface area contributed by atoms with E-state index in [2.05, 4.69) is 11.9 Å². The van der Waals surface area contributed by atoms with Crippen LogP contribution in [0.4, 0.5) is 10.1 Å². The molecule has 1 aliphatic rings. The highest BCUT2D eigenvalue weighted by atomic mass is 19.1. The maximum atomic E-state index is 14.1.